The molecule has 1 unspecified atom stereocenters. The lowest BCUT2D eigenvalue weighted by Crippen LogP contribution is -2.22. The lowest BCUT2D eigenvalue weighted by molar-refractivity contribution is 0.0950. The van der Waals surface area contributed by atoms with E-state index in [-0.39, 0.29) is 17.3 Å². The van der Waals surface area contributed by atoms with E-state index in [0.29, 0.717) is 25.8 Å². The van der Waals surface area contributed by atoms with E-state index in [0.717, 1.165) is 11.3 Å². The van der Waals surface area contributed by atoms with Crippen molar-refractivity contribution in [1.29, 1.82) is 0 Å². The number of benzene rings is 1. The first-order valence-corrected chi connectivity index (χ1v) is 8.61. The number of aromatic nitrogens is 1. The van der Waals surface area contributed by atoms with E-state index in [4.69, 9.17) is 0 Å². The SMILES string of the molecule is O=C(NCc1ccon1)c1ccc2sc(C(F)(F)P)c(Br)c2c1. The lowest BCUT2D eigenvalue weighted by atomic mass is 10.1. The van der Waals surface area contributed by atoms with Gasteiger partial charge >= 0.3 is 0 Å². The van der Waals surface area contributed by atoms with Crippen molar-refractivity contribution >= 4 is 52.5 Å². The third-order valence-electron chi connectivity index (χ3n) is 3.11. The molecule has 1 N–H and O–H groups in total. The van der Waals surface area contributed by atoms with Crippen molar-refractivity contribution < 1.29 is 18.1 Å². The topological polar surface area (TPSA) is 55.1 Å². The number of fused-ring (bicyclic) bond motifs is 1. The molecular formula is C14H10BrF2N2O2PS. The van der Waals surface area contributed by atoms with Gasteiger partial charge in [-0.05, 0) is 34.1 Å². The number of alkyl halides is 2. The molecule has 0 aliphatic heterocycles. The second-order valence-electron chi connectivity index (χ2n) is 4.75. The zero-order chi connectivity index (χ0) is 16.6. The normalized spacial score (nSPS) is 11.8. The highest BCUT2D eigenvalue weighted by Crippen LogP contribution is 2.47. The van der Waals surface area contributed by atoms with Crippen LogP contribution in [0.1, 0.15) is 20.9 Å². The van der Waals surface area contributed by atoms with Crippen molar-refractivity contribution in [1.82, 2.24) is 10.5 Å². The van der Waals surface area contributed by atoms with E-state index < -0.39 is 5.66 Å². The first-order valence-electron chi connectivity index (χ1n) is 6.43. The summed E-state index contributed by atoms with van der Waals surface area (Å²) in [5, 5.41) is 6.98. The molecule has 1 amide bonds. The Kier molecular flexibility index (Phi) is 4.49. The second kappa shape index (κ2) is 6.26. The molecule has 0 aliphatic carbocycles. The first-order chi connectivity index (χ1) is 10.9. The third kappa shape index (κ3) is 3.44. The first kappa shape index (κ1) is 16.5. The van der Waals surface area contributed by atoms with Crippen LogP contribution in [0.2, 0.25) is 0 Å². The van der Waals surface area contributed by atoms with Crippen molar-refractivity contribution in [3.8, 4) is 0 Å². The molecule has 0 aliphatic rings. The van der Waals surface area contributed by atoms with Gasteiger partial charge in [-0.25, -0.2) is 0 Å². The van der Waals surface area contributed by atoms with Crippen molar-refractivity contribution in [2.24, 2.45) is 0 Å². The summed E-state index contributed by atoms with van der Waals surface area (Å²) in [4.78, 5) is 12.1. The van der Waals surface area contributed by atoms with E-state index >= 15 is 0 Å². The van der Waals surface area contributed by atoms with E-state index in [2.05, 4.69) is 30.9 Å². The molecule has 2 aromatic heterocycles. The average Bonchev–Trinajstić information content (AvgIpc) is 3.12. The summed E-state index contributed by atoms with van der Waals surface area (Å²) in [6.07, 6.45) is 1.42. The summed E-state index contributed by atoms with van der Waals surface area (Å²) in [5.74, 6) is -0.313. The highest BCUT2D eigenvalue weighted by Gasteiger charge is 2.31. The second-order valence-corrected chi connectivity index (χ2v) is 7.32. The number of nitrogens with one attached hydrogen (secondary N) is 1. The number of amides is 1. The lowest BCUT2D eigenvalue weighted by Gasteiger charge is -2.07. The van der Waals surface area contributed by atoms with Crippen LogP contribution < -0.4 is 5.32 Å². The van der Waals surface area contributed by atoms with Gasteiger partial charge in [0, 0.05) is 26.2 Å². The average molecular weight is 419 g/mol. The van der Waals surface area contributed by atoms with E-state index in [9.17, 15) is 13.6 Å². The van der Waals surface area contributed by atoms with E-state index in [1.165, 1.54) is 15.5 Å². The van der Waals surface area contributed by atoms with Crippen molar-refractivity contribution in [2.45, 2.75) is 12.2 Å². The van der Waals surface area contributed by atoms with Crippen LogP contribution in [0, 0.1) is 0 Å². The minimum absolute atomic E-state index is 0.0855. The fraction of sp³-hybridized carbons (Fsp3) is 0.143. The van der Waals surface area contributed by atoms with Crippen LogP contribution in [0.25, 0.3) is 10.1 Å². The van der Waals surface area contributed by atoms with Gasteiger partial charge in [0.25, 0.3) is 11.6 Å². The molecule has 0 radical (unpaired) electrons. The van der Waals surface area contributed by atoms with Gasteiger partial charge in [0.1, 0.15) is 12.0 Å². The standard InChI is InChI=1S/C14H10BrF2N2O2PS/c15-11-9-5-7(13(20)18-6-8-3-4-21-19-8)1-2-10(9)23-12(11)14(16,17)22/h1-5H,6,22H2,(H,18,20). The van der Waals surface area contributed by atoms with Gasteiger partial charge in [-0.1, -0.05) is 14.4 Å². The van der Waals surface area contributed by atoms with Crippen LogP contribution in [0.4, 0.5) is 8.78 Å². The highest BCUT2D eigenvalue weighted by molar-refractivity contribution is 9.10. The smallest absolute Gasteiger partial charge is 0.293 e. The van der Waals surface area contributed by atoms with Crippen LogP contribution >= 0.6 is 36.5 Å². The minimum atomic E-state index is -3.02. The number of thiophene rings is 1. The molecule has 2 heterocycles. The summed E-state index contributed by atoms with van der Waals surface area (Å²) < 4.78 is 32.8. The van der Waals surface area contributed by atoms with Gasteiger partial charge in [0.2, 0.25) is 0 Å². The molecule has 0 bridgehead atoms. The van der Waals surface area contributed by atoms with E-state index in [1.807, 2.05) is 0 Å². The molecular weight excluding hydrogens is 409 g/mol. The number of halogens is 3. The number of hydrogen-bond acceptors (Lipinski definition) is 4. The quantitative estimate of drug-likeness (QED) is 0.634. The third-order valence-corrected chi connectivity index (χ3v) is 5.95. The maximum absolute atomic E-state index is 13.5. The molecule has 9 heteroatoms. The molecule has 0 saturated carbocycles. The number of carbonyl (C=O) groups is 1. The van der Waals surface area contributed by atoms with Crippen molar-refractivity contribution in [2.75, 3.05) is 0 Å². The predicted octanol–water partition coefficient (Wildman–Crippen LogP) is 4.51. The Morgan fingerprint density at radius 2 is 2.22 bits per heavy atom. The Morgan fingerprint density at radius 1 is 1.43 bits per heavy atom. The number of hydrogen-bond donors (Lipinski definition) is 1. The molecule has 23 heavy (non-hydrogen) atoms. The zero-order valence-electron chi connectivity index (χ0n) is 11.5. The summed E-state index contributed by atoms with van der Waals surface area (Å²) in [5.41, 5.74) is -2.03. The summed E-state index contributed by atoms with van der Waals surface area (Å²) in [7, 11) is 1.52. The Bertz CT molecular complexity index is 862. The van der Waals surface area contributed by atoms with Gasteiger partial charge in [-0.3, -0.25) is 4.79 Å². The molecule has 0 saturated heterocycles. The molecule has 120 valence electrons. The van der Waals surface area contributed by atoms with Gasteiger partial charge < -0.3 is 9.84 Å². The fourth-order valence-electron chi connectivity index (χ4n) is 2.02. The highest BCUT2D eigenvalue weighted by atomic mass is 79.9. The Labute approximate surface area is 144 Å². The molecule has 0 fully saturated rings. The predicted molar refractivity (Wildman–Crippen MR) is 90.8 cm³/mol. The maximum atomic E-state index is 13.5. The van der Waals surface area contributed by atoms with Crippen LogP contribution in [0.15, 0.2) is 39.5 Å². The molecule has 0 spiro atoms. The van der Waals surface area contributed by atoms with Crippen molar-refractivity contribution in [3.63, 3.8) is 0 Å². The summed E-state index contributed by atoms with van der Waals surface area (Å²) in [6, 6.07) is 6.50. The Morgan fingerprint density at radius 3 is 2.87 bits per heavy atom. The molecule has 3 aromatic rings. The molecule has 3 rings (SSSR count). The Balaban J connectivity index is 1.87. The monoisotopic (exact) mass is 418 g/mol. The van der Waals surface area contributed by atoms with Gasteiger partial charge in [-0.15, -0.1) is 11.3 Å². The summed E-state index contributed by atoms with van der Waals surface area (Å²) >= 11 is 4.20. The number of carbonyl (C=O) groups excluding carboxylic acids is 1. The van der Waals surface area contributed by atoms with Crippen LogP contribution in [0.5, 0.6) is 0 Å². The fourth-order valence-corrected chi connectivity index (χ4v) is 4.49. The van der Waals surface area contributed by atoms with Gasteiger partial charge in [0.15, 0.2) is 0 Å². The molecule has 1 atom stereocenters. The number of nitrogens with zero attached hydrogens (tertiary/aromatic N) is 1. The molecule has 1 aromatic carbocycles. The van der Waals surface area contributed by atoms with E-state index in [1.54, 1.807) is 24.3 Å². The molecule has 4 nitrogen and oxygen atoms in total. The largest absolute Gasteiger partial charge is 0.364 e. The zero-order valence-corrected chi connectivity index (χ0v) is 15.0. The van der Waals surface area contributed by atoms with Crippen LogP contribution in [0.3, 0.4) is 0 Å². The Hall–Kier alpha value is -1.37. The van der Waals surface area contributed by atoms with Crippen molar-refractivity contribution in [3.05, 3.63) is 51.1 Å². The van der Waals surface area contributed by atoms with Gasteiger partial charge in [-0.2, -0.15) is 8.78 Å². The van der Waals surface area contributed by atoms with Crippen LogP contribution in [-0.4, -0.2) is 11.1 Å². The maximum Gasteiger partial charge on any atom is 0.293 e. The van der Waals surface area contributed by atoms with Crippen LogP contribution in [-0.2, 0) is 12.2 Å². The number of rotatable bonds is 4. The summed E-state index contributed by atoms with van der Waals surface area (Å²) in [6.45, 7) is 0.229. The van der Waals surface area contributed by atoms with Gasteiger partial charge in [0.05, 0.1) is 11.4 Å². The minimum Gasteiger partial charge on any atom is -0.364 e.